The monoisotopic (exact) mass is 226 g/mol. The van der Waals surface area contributed by atoms with Gasteiger partial charge in [-0.3, -0.25) is 4.79 Å². The van der Waals surface area contributed by atoms with Gasteiger partial charge in [-0.2, -0.15) is 0 Å². The van der Waals surface area contributed by atoms with Crippen molar-refractivity contribution in [3.8, 4) is 0 Å². The Labute approximate surface area is 95.6 Å². The van der Waals surface area contributed by atoms with Gasteiger partial charge < -0.3 is 9.47 Å². The summed E-state index contributed by atoms with van der Waals surface area (Å²) in [5.41, 5.74) is -0.565. The first-order chi connectivity index (χ1) is 7.32. The molecule has 4 heteroatoms. The third-order valence-corrected chi connectivity index (χ3v) is 3.15. The van der Waals surface area contributed by atoms with Crippen molar-refractivity contribution in [1.29, 1.82) is 0 Å². The van der Waals surface area contributed by atoms with Crippen molar-refractivity contribution in [2.24, 2.45) is 5.92 Å². The highest BCUT2D eigenvalue weighted by Gasteiger charge is 2.54. The number of esters is 2. The Morgan fingerprint density at radius 3 is 2.62 bits per heavy atom. The van der Waals surface area contributed by atoms with Crippen LogP contribution >= 0.6 is 0 Å². The highest BCUT2D eigenvalue weighted by atomic mass is 16.6. The first-order valence-corrected chi connectivity index (χ1v) is 5.42. The number of hydrogen-bond acceptors (Lipinski definition) is 4. The Morgan fingerprint density at radius 1 is 1.62 bits per heavy atom. The molecule has 1 heterocycles. The average molecular weight is 226 g/mol. The Balaban J connectivity index is 2.92. The smallest absolute Gasteiger partial charge is 0.333 e. The summed E-state index contributed by atoms with van der Waals surface area (Å²) in [5, 5.41) is 0. The Hall–Kier alpha value is -1.32. The first-order valence-electron chi connectivity index (χ1n) is 5.42. The molecule has 0 N–H and O–H groups in total. The molecule has 1 rings (SSSR count). The molecule has 1 fully saturated rings. The molecule has 0 spiro atoms. The summed E-state index contributed by atoms with van der Waals surface area (Å²) in [5.74, 6) is -1.18. The number of carbonyl (C=O) groups is 2. The van der Waals surface area contributed by atoms with Crippen LogP contribution < -0.4 is 0 Å². The standard InChI is InChI=1S/C12H18O4/c1-6-9-11(14)15-8(4)12(9,5)16-10(13)7(2)3/h8-9H,2,6H2,1,3-5H3. The summed E-state index contributed by atoms with van der Waals surface area (Å²) >= 11 is 0. The minimum absolute atomic E-state index is 0.299. The van der Waals surface area contributed by atoms with Gasteiger partial charge >= 0.3 is 11.9 Å². The lowest BCUT2D eigenvalue weighted by atomic mass is 9.85. The molecule has 3 atom stereocenters. The molecule has 0 radical (unpaired) electrons. The van der Waals surface area contributed by atoms with Crippen molar-refractivity contribution in [3.63, 3.8) is 0 Å². The van der Waals surface area contributed by atoms with E-state index in [-0.39, 0.29) is 5.97 Å². The van der Waals surface area contributed by atoms with E-state index < -0.39 is 23.6 Å². The van der Waals surface area contributed by atoms with Crippen molar-refractivity contribution >= 4 is 11.9 Å². The van der Waals surface area contributed by atoms with Gasteiger partial charge in [-0.05, 0) is 27.2 Å². The zero-order valence-corrected chi connectivity index (χ0v) is 10.2. The van der Waals surface area contributed by atoms with Crippen LogP contribution in [0.1, 0.15) is 34.1 Å². The molecule has 1 aliphatic rings. The number of rotatable bonds is 3. The Morgan fingerprint density at radius 2 is 2.19 bits per heavy atom. The maximum absolute atomic E-state index is 11.5. The van der Waals surface area contributed by atoms with Gasteiger partial charge in [0, 0.05) is 5.57 Å². The fraction of sp³-hybridized carbons (Fsp3) is 0.667. The van der Waals surface area contributed by atoms with Crippen molar-refractivity contribution in [2.75, 3.05) is 0 Å². The normalized spacial score (nSPS) is 33.4. The molecular formula is C12H18O4. The second kappa shape index (κ2) is 4.28. The van der Waals surface area contributed by atoms with Crippen molar-refractivity contribution < 1.29 is 19.1 Å². The lowest BCUT2D eigenvalue weighted by Gasteiger charge is -2.30. The van der Waals surface area contributed by atoms with Crippen molar-refractivity contribution in [2.45, 2.75) is 45.8 Å². The van der Waals surface area contributed by atoms with Crippen LogP contribution in [0.2, 0.25) is 0 Å². The minimum Gasteiger partial charge on any atom is -0.458 e. The molecule has 3 unspecified atom stereocenters. The predicted molar refractivity (Wildman–Crippen MR) is 58.6 cm³/mol. The number of ether oxygens (including phenoxy) is 2. The van der Waals surface area contributed by atoms with Crippen LogP contribution in [-0.4, -0.2) is 23.6 Å². The molecule has 4 nitrogen and oxygen atoms in total. The maximum Gasteiger partial charge on any atom is 0.333 e. The second-order valence-corrected chi connectivity index (χ2v) is 4.39. The van der Waals surface area contributed by atoms with E-state index in [1.165, 1.54) is 0 Å². The SMILES string of the molecule is C=C(C)C(=O)OC1(C)C(C)OC(=O)C1CC. The van der Waals surface area contributed by atoms with Gasteiger partial charge in [-0.25, -0.2) is 4.79 Å². The van der Waals surface area contributed by atoms with Crippen LogP contribution in [0.3, 0.4) is 0 Å². The zero-order valence-electron chi connectivity index (χ0n) is 10.2. The quantitative estimate of drug-likeness (QED) is 0.544. The van der Waals surface area contributed by atoms with Crippen LogP contribution in [-0.2, 0) is 19.1 Å². The first kappa shape index (κ1) is 12.7. The largest absolute Gasteiger partial charge is 0.458 e. The molecule has 0 aromatic rings. The average Bonchev–Trinajstić information content (AvgIpc) is 2.37. The van der Waals surface area contributed by atoms with E-state index in [1.54, 1.807) is 20.8 Å². The van der Waals surface area contributed by atoms with Gasteiger partial charge in [0.1, 0.15) is 6.10 Å². The lowest BCUT2D eigenvalue weighted by molar-refractivity contribution is -0.161. The molecule has 1 saturated heterocycles. The van der Waals surface area contributed by atoms with Crippen LogP contribution in [0.25, 0.3) is 0 Å². The van der Waals surface area contributed by atoms with E-state index in [1.807, 2.05) is 6.92 Å². The number of cyclic esters (lactones) is 1. The van der Waals surface area contributed by atoms with Gasteiger partial charge in [0.05, 0.1) is 5.92 Å². The number of hydrogen-bond donors (Lipinski definition) is 0. The molecule has 16 heavy (non-hydrogen) atoms. The van der Waals surface area contributed by atoms with Crippen molar-refractivity contribution in [3.05, 3.63) is 12.2 Å². The van der Waals surface area contributed by atoms with Gasteiger partial charge in [-0.1, -0.05) is 13.5 Å². The van der Waals surface area contributed by atoms with Crippen molar-refractivity contribution in [1.82, 2.24) is 0 Å². The molecule has 0 saturated carbocycles. The third-order valence-electron chi connectivity index (χ3n) is 3.15. The van der Waals surface area contributed by atoms with E-state index in [2.05, 4.69) is 6.58 Å². The Bertz CT molecular complexity index is 334. The summed E-state index contributed by atoms with van der Waals surface area (Å²) in [6.07, 6.45) is 0.164. The van der Waals surface area contributed by atoms with Gasteiger partial charge in [0.2, 0.25) is 0 Å². The molecule has 0 amide bonds. The minimum atomic E-state index is -0.887. The summed E-state index contributed by atoms with van der Waals surface area (Å²) < 4.78 is 10.5. The van der Waals surface area contributed by atoms with E-state index in [0.717, 1.165) is 0 Å². The molecule has 0 aliphatic carbocycles. The number of carbonyl (C=O) groups excluding carboxylic acids is 2. The van der Waals surface area contributed by atoms with E-state index in [0.29, 0.717) is 12.0 Å². The highest BCUT2D eigenvalue weighted by molar-refractivity contribution is 5.88. The fourth-order valence-electron chi connectivity index (χ4n) is 1.90. The predicted octanol–water partition coefficient (Wildman–Crippen LogP) is 1.84. The fourth-order valence-corrected chi connectivity index (χ4v) is 1.90. The second-order valence-electron chi connectivity index (χ2n) is 4.39. The third kappa shape index (κ3) is 1.96. The molecule has 0 aromatic carbocycles. The molecular weight excluding hydrogens is 208 g/mol. The van der Waals surface area contributed by atoms with Gasteiger partial charge in [0.15, 0.2) is 5.60 Å². The van der Waals surface area contributed by atoms with Crippen LogP contribution in [0.5, 0.6) is 0 Å². The zero-order chi connectivity index (χ0) is 12.5. The molecule has 1 aliphatic heterocycles. The lowest BCUT2D eigenvalue weighted by Crippen LogP contribution is -2.44. The molecule has 0 aromatic heterocycles. The van der Waals surface area contributed by atoms with E-state index >= 15 is 0 Å². The summed E-state index contributed by atoms with van der Waals surface area (Å²) in [6, 6.07) is 0. The van der Waals surface area contributed by atoms with Gasteiger partial charge in [0.25, 0.3) is 0 Å². The summed E-state index contributed by atoms with van der Waals surface area (Å²) in [6.45, 7) is 10.4. The van der Waals surface area contributed by atoms with E-state index in [4.69, 9.17) is 9.47 Å². The maximum atomic E-state index is 11.5. The van der Waals surface area contributed by atoms with Crippen LogP contribution in [0.15, 0.2) is 12.2 Å². The highest BCUT2D eigenvalue weighted by Crippen LogP contribution is 2.38. The molecule has 0 bridgehead atoms. The molecule has 90 valence electrons. The summed E-state index contributed by atoms with van der Waals surface area (Å²) in [7, 11) is 0. The topological polar surface area (TPSA) is 52.6 Å². The van der Waals surface area contributed by atoms with Crippen LogP contribution in [0, 0.1) is 5.92 Å². The Kier molecular flexibility index (Phi) is 3.41. The van der Waals surface area contributed by atoms with Gasteiger partial charge in [-0.15, -0.1) is 0 Å². The van der Waals surface area contributed by atoms with Crippen LogP contribution in [0.4, 0.5) is 0 Å². The van der Waals surface area contributed by atoms with E-state index in [9.17, 15) is 9.59 Å². The summed E-state index contributed by atoms with van der Waals surface area (Å²) in [4.78, 5) is 23.1.